The molecule has 0 aliphatic carbocycles. The number of rotatable bonds is 4. The van der Waals surface area contributed by atoms with E-state index in [9.17, 15) is 4.21 Å². The molecule has 1 nitrogen and oxygen atoms in total. The normalized spacial score (nSPS) is 14.9. The predicted octanol–water partition coefficient (Wildman–Crippen LogP) is 2.58. The summed E-state index contributed by atoms with van der Waals surface area (Å²) < 4.78 is 11.3. The standard InChI is InChI=1S/C9H20OS/c1-5-6-7-11(10)8-9(2,3)4/h5-8H2,1-4H3. The van der Waals surface area contributed by atoms with Gasteiger partial charge in [0.25, 0.3) is 0 Å². The minimum Gasteiger partial charge on any atom is -0.260 e. The van der Waals surface area contributed by atoms with Gasteiger partial charge in [-0.3, -0.25) is 4.21 Å². The van der Waals surface area contributed by atoms with Gasteiger partial charge < -0.3 is 0 Å². The van der Waals surface area contributed by atoms with E-state index < -0.39 is 10.8 Å². The van der Waals surface area contributed by atoms with Gasteiger partial charge in [-0.05, 0) is 11.8 Å². The Bertz CT molecular complexity index is 124. The summed E-state index contributed by atoms with van der Waals surface area (Å²) in [6.45, 7) is 8.54. The Labute approximate surface area is 73.0 Å². The Kier molecular flexibility index (Phi) is 4.98. The highest BCUT2D eigenvalue weighted by molar-refractivity contribution is 7.85. The molecule has 0 aromatic rings. The lowest BCUT2D eigenvalue weighted by molar-refractivity contribution is 0.473. The first-order chi connectivity index (χ1) is 4.95. The minimum absolute atomic E-state index is 0.221. The molecule has 0 saturated heterocycles. The third-order valence-corrected chi connectivity index (χ3v) is 3.25. The molecule has 0 aromatic heterocycles. The summed E-state index contributed by atoms with van der Waals surface area (Å²) in [6.07, 6.45) is 2.25. The Morgan fingerprint density at radius 3 is 2.18 bits per heavy atom. The van der Waals surface area contributed by atoms with E-state index in [1.165, 1.54) is 0 Å². The smallest absolute Gasteiger partial charge is 0.0283 e. The first kappa shape index (κ1) is 11.2. The molecule has 2 heteroatoms. The highest BCUT2D eigenvalue weighted by atomic mass is 32.2. The van der Waals surface area contributed by atoms with E-state index in [1.54, 1.807) is 0 Å². The molecule has 0 saturated carbocycles. The topological polar surface area (TPSA) is 17.1 Å². The zero-order valence-electron chi connectivity index (χ0n) is 8.14. The van der Waals surface area contributed by atoms with E-state index in [0.717, 1.165) is 24.3 Å². The molecular weight excluding hydrogens is 156 g/mol. The van der Waals surface area contributed by atoms with Crippen molar-refractivity contribution in [3.05, 3.63) is 0 Å². The zero-order valence-corrected chi connectivity index (χ0v) is 8.96. The molecule has 1 atom stereocenters. The molecular formula is C9H20OS. The van der Waals surface area contributed by atoms with Crippen LogP contribution in [0.25, 0.3) is 0 Å². The van der Waals surface area contributed by atoms with Gasteiger partial charge in [0.2, 0.25) is 0 Å². The SMILES string of the molecule is CCCCS(=O)CC(C)(C)C. The monoisotopic (exact) mass is 176 g/mol. The van der Waals surface area contributed by atoms with Crippen LogP contribution in [0.2, 0.25) is 0 Å². The number of unbranched alkanes of at least 4 members (excludes halogenated alkanes) is 1. The van der Waals surface area contributed by atoms with E-state index in [0.29, 0.717) is 0 Å². The Balaban J connectivity index is 3.53. The molecule has 68 valence electrons. The van der Waals surface area contributed by atoms with Gasteiger partial charge in [-0.25, -0.2) is 0 Å². The Morgan fingerprint density at radius 2 is 1.82 bits per heavy atom. The third-order valence-electron chi connectivity index (χ3n) is 1.32. The molecule has 0 aliphatic rings. The van der Waals surface area contributed by atoms with Gasteiger partial charge in [0.1, 0.15) is 0 Å². The summed E-state index contributed by atoms with van der Waals surface area (Å²) in [7, 11) is -0.589. The van der Waals surface area contributed by atoms with E-state index in [4.69, 9.17) is 0 Å². The average molecular weight is 176 g/mol. The largest absolute Gasteiger partial charge is 0.260 e. The number of hydrogen-bond donors (Lipinski definition) is 0. The van der Waals surface area contributed by atoms with Crippen LogP contribution < -0.4 is 0 Å². The molecule has 0 aliphatic heterocycles. The van der Waals surface area contributed by atoms with Gasteiger partial charge in [-0.15, -0.1) is 0 Å². The van der Waals surface area contributed by atoms with Crippen molar-refractivity contribution < 1.29 is 4.21 Å². The van der Waals surface area contributed by atoms with Crippen LogP contribution in [0.5, 0.6) is 0 Å². The Morgan fingerprint density at radius 1 is 1.27 bits per heavy atom. The third kappa shape index (κ3) is 8.05. The van der Waals surface area contributed by atoms with Crippen LogP contribution in [0.4, 0.5) is 0 Å². The highest BCUT2D eigenvalue weighted by Crippen LogP contribution is 2.14. The maximum Gasteiger partial charge on any atom is 0.0283 e. The summed E-state index contributed by atoms with van der Waals surface area (Å²) in [6, 6.07) is 0. The van der Waals surface area contributed by atoms with Gasteiger partial charge in [-0.1, -0.05) is 34.1 Å². The lowest BCUT2D eigenvalue weighted by atomic mass is 10.0. The lowest BCUT2D eigenvalue weighted by Crippen LogP contribution is -2.17. The van der Waals surface area contributed by atoms with Gasteiger partial charge in [-0.2, -0.15) is 0 Å². The molecule has 0 aromatic carbocycles. The summed E-state index contributed by atoms with van der Waals surface area (Å²) in [4.78, 5) is 0. The molecule has 0 radical (unpaired) electrons. The molecule has 0 fully saturated rings. The van der Waals surface area contributed by atoms with Gasteiger partial charge in [0.05, 0.1) is 0 Å². The van der Waals surface area contributed by atoms with Crippen molar-refractivity contribution in [2.75, 3.05) is 11.5 Å². The first-order valence-corrected chi connectivity index (χ1v) is 5.79. The molecule has 0 bridgehead atoms. The van der Waals surface area contributed by atoms with Crippen LogP contribution >= 0.6 is 0 Å². The molecule has 0 N–H and O–H groups in total. The predicted molar refractivity (Wildman–Crippen MR) is 52.2 cm³/mol. The van der Waals surface area contributed by atoms with E-state index in [-0.39, 0.29) is 5.41 Å². The fourth-order valence-electron chi connectivity index (χ4n) is 0.860. The second-order valence-electron chi connectivity index (χ2n) is 4.20. The molecule has 0 heterocycles. The fourth-order valence-corrected chi connectivity index (χ4v) is 2.58. The Hall–Kier alpha value is 0.150. The minimum atomic E-state index is -0.589. The lowest BCUT2D eigenvalue weighted by Gasteiger charge is -2.16. The number of hydrogen-bond acceptors (Lipinski definition) is 1. The molecule has 1 unspecified atom stereocenters. The quantitative estimate of drug-likeness (QED) is 0.643. The van der Waals surface area contributed by atoms with Crippen LogP contribution in [0.15, 0.2) is 0 Å². The van der Waals surface area contributed by atoms with E-state index in [2.05, 4.69) is 27.7 Å². The van der Waals surface area contributed by atoms with Crippen molar-refractivity contribution in [3.8, 4) is 0 Å². The highest BCUT2D eigenvalue weighted by Gasteiger charge is 2.13. The second-order valence-corrected chi connectivity index (χ2v) is 5.78. The van der Waals surface area contributed by atoms with Crippen LogP contribution in [0.1, 0.15) is 40.5 Å². The molecule has 0 spiro atoms. The van der Waals surface area contributed by atoms with Crippen molar-refractivity contribution in [2.24, 2.45) is 5.41 Å². The van der Waals surface area contributed by atoms with Gasteiger partial charge >= 0.3 is 0 Å². The van der Waals surface area contributed by atoms with Gasteiger partial charge in [0.15, 0.2) is 0 Å². The van der Waals surface area contributed by atoms with Crippen molar-refractivity contribution in [1.29, 1.82) is 0 Å². The van der Waals surface area contributed by atoms with E-state index >= 15 is 0 Å². The summed E-state index contributed by atoms with van der Waals surface area (Å²) in [5.74, 6) is 1.72. The fraction of sp³-hybridized carbons (Fsp3) is 1.00. The van der Waals surface area contributed by atoms with Crippen molar-refractivity contribution >= 4 is 10.8 Å². The summed E-state index contributed by atoms with van der Waals surface area (Å²) >= 11 is 0. The van der Waals surface area contributed by atoms with Crippen LogP contribution in [0.3, 0.4) is 0 Å². The van der Waals surface area contributed by atoms with E-state index in [1.807, 2.05) is 0 Å². The van der Waals surface area contributed by atoms with Gasteiger partial charge in [0, 0.05) is 22.3 Å². The maximum atomic E-state index is 11.3. The average Bonchev–Trinajstić information content (AvgIpc) is 1.79. The maximum absolute atomic E-state index is 11.3. The zero-order chi connectivity index (χ0) is 8.91. The van der Waals surface area contributed by atoms with Crippen molar-refractivity contribution in [3.63, 3.8) is 0 Å². The second kappa shape index (κ2) is 4.91. The van der Waals surface area contributed by atoms with Crippen molar-refractivity contribution in [2.45, 2.75) is 40.5 Å². The molecule has 0 rings (SSSR count). The van der Waals surface area contributed by atoms with Crippen LogP contribution in [-0.4, -0.2) is 15.7 Å². The van der Waals surface area contributed by atoms with Crippen molar-refractivity contribution in [1.82, 2.24) is 0 Å². The molecule has 0 amide bonds. The van der Waals surface area contributed by atoms with Crippen LogP contribution in [-0.2, 0) is 10.8 Å². The van der Waals surface area contributed by atoms with Crippen LogP contribution in [0, 0.1) is 5.41 Å². The first-order valence-electron chi connectivity index (χ1n) is 4.30. The summed E-state index contributed by atoms with van der Waals surface area (Å²) in [5.41, 5.74) is 0.221. The molecule has 11 heavy (non-hydrogen) atoms. The summed E-state index contributed by atoms with van der Waals surface area (Å²) in [5, 5.41) is 0.